The monoisotopic (exact) mass is 823 g/mol. The maximum atomic E-state index is 14.5. The van der Waals surface area contributed by atoms with Crippen LogP contribution in [0.1, 0.15) is 112 Å². The molecule has 0 spiro atoms. The summed E-state index contributed by atoms with van der Waals surface area (Å²) in [6.45, 7) is 23.8. The van der Waals surface area contributed by atoms with Gasteiger partial charge in [-0.3, -0.25) is 4.79 Å². The van der Waals surface area contributed by atoms with Gasteiger partial charge in [0.2, 0.25) is 0 Å². The van der Waals surface area contributed by atoms with Crippen molar-refractivity contribution < 1.29 is 57.8 Å². The number of nitrogens with one attached hydrogen (secondary N) is 1. The number of hydrogen-bond acceptors (Lipinski definition) is 12. The molecule has 3 N–H and O–H groups in total. The molecule has 5 aliphatic rings. The van der Waals surface area contributed by atoms with E-state index in [1.54, 1.807) is 71.0 Å². The first kappa shape index (κ1) is 44.8. The smallest absolute Gasteiger partial charge is 0.407 e. The van der Waals surface area contributed by atoms with Gasteiger partial charge in [0.25, 0.3) is 0 Å². The quantitative estimate of drug-likeness (QED) is 0.130. The van der Waals surface area contributed by atoms with E-state index in [-0.39, 0.29) is 37.4 Å². The van der Waals surface area contributed by atoms with E-state index in [1.165, 1.54) is 6.92 Å². The summed E-state index contributed by atoms with van der Waals surface area (Å²) in [4.78, 5) is 54.7. The van der Waals surface area contributed by atoms with Crippen molar-refractivity contribution in [3.63, 3.8) is 0 Å². The number of alkyl carbamates (subject to hydrolysis) is 1. The summed E-state index contributed by atoms with van der Waals surface area (Å²) in [5.74, 6) is -3.43. The molecule has 0 bridgehead atoms. The zero-order valence-corrected chi connectivity index (χ0v) is 36.5. The highest BCUT2D eigenvalue weighted by Crippen LogP contribution is 2.72. The second-order valence-electron chi connectivity index (χ2n) is 19.8. The maximum Gasteiger partial charge on any atom is 0.407 e. The molecule has 1 aromatic rings. The van der Waals surface area contributed by atoms with Crippen molar-refractivity contribution in [2.45, 2.75) is 161 Å². The van der Waals surface area contributed by atoms with E-state index >= 15 is 0 Å². The van der Waals surface area contributed by atoms with Crippen LogP contribution >= 0.6 is 0 Å². The average Bonchev–Trinajstić information content (AvgIpc) is 3.39. The average molecular weight is 824 g/mol. The summed E-state index contributed by atoms with van der Waals surface area (Å²) in [5.41, 5.74) is -4.39. The molecule has 3 aliphatic carbocycles. The molecule has 4 fully saturated rings. The number of hydrogen-bond donors (Lipinski definition) is 3. The number of rotatable bonds is 11. The molecule has 13 heteroatoms. The third-order valence-corrected chi connectivity index (χ3v) is 13.9. The first-order chi connectivity index (χ1) is 27.4. The summed E-state index contributed by atoms with van der Waals surface area (Å²) >= 11 is 0. The largest absolute Gasteiger partial charge is 0.457 e. The number of fused-ring (bicyclic) bond motifs is 3. The summed E-state index contributed by atoms with van der Waals surface area (Å²) in [6, 6.07) is 7.55. The second-order valence-corrected chi connectivity index (χ2v) is 19.8. The Morgan fingerprint density at radius 3 is 2.27 bits per heavy atom. The fraction of sp³-hybridized carbons (Fsp3) is 0.696. The topological polar surface area (TPSA) is 176 Å². The number of amides is 1. The summed E-state index contributed by atoms with van der Waals surface area (Å²) < 4.78 is 38.3. The molecule has 2 saturated carbocycles. The first-order valence-corrected chi connectivity index (χ1v) is 21.1. The van der Waals surface area contributed by atoms with Gasteiger partial charge in [-0.05, 0) is 95.9 Å². The minimum atomic E-state index is -1.77. The van der Waals surface area contributed by atoms with Gasteiger partial charge in [-0.15, -0.1) is 6.58 Å². The SMILES string of the molecule is C=CC1C[C@H]2C[C@H]3OC[C@@]3(OC(C)=O)[C@H]3[C@H](OC(=O)c4ccccc4)[C@]4(C(C)(C)O)C[C@H](OC(=O)[C@H](O)[C@H](CC(C)C)NC(=O)OC(C)(C)C)C(C)=C4[C@H](C)[C@H](O1)[C@]23C. The van der Waals surface area contributed by atoms with Crippen LogP contribution < -0.4 is 5.32 Å². The van der Waals surface area contributed by atoms with Crippen molar-refractivity contribution in [3.05, 3.63) is 59.7 Å². The maximum absolute atomic E-state index is 14.5. The van der Waals surface area contributed by atoms with E-state index < -0.39 is 100 Å². The molecule has 326 valence electrons. The minimum absolute atomic E-state index is 0.0222. The second kappa shape index (κ2) is 15.9. The number of esters is 3. The van der Waals surface area contributed by atoms with Gasteiger partial charge >= 0.3 is 24.0 Å². The number of carbonyl (C=O) groups excluding carboxylic acids is 4. The Balaban J connectivity index is 1.52. The molecule has 2 aliphatic heterocycles. The molecule has 2 heterocycles. The van der Waals surface area contributed by atoms with Crippen LogP contribution in [-0.2, 0) is 38.0 Å². The van der Waals surface area contributed by atoms with E-state index in [9.17, 15) is 29.4 Å². The van der Waals surface area contributed by atoms with E-state index in [4.69, 9.17) is 28.4 Å². The Bertz CT molecular complexity index is 1830. The fourth-order valence-electron chi connectivity index (χ4n) is 11.6. The van der Waals surface area contributed by atoms with Crippen molar-refractivity contribution >= 4 is 24.0 Å². The van der Waals surface area contributed by atoms with Crippen LogP contribution in [0, 0.1) is 34.5 Å². The van der Waals surface area contributed by atoms with Crippen molar-refractivity contribution in [1.82, 2.24) is 5.32 Å². The van der Waals surface area contributed by atoms with Crippen LogP contribution in [0.3, 0.4) is 0 Å². The van der Waals surface area contributed by atoms with Crippen LogP contribution in [0.4, 0.5) is 4.79 Å². The van der Waals surface area contributed by atoms with E-state index in [0.717, 1.165) is 0 Å². The van der Waals surface area contributed by atoms with Crippen LogP contribution in [-0.4, -0.2) is 100 Å². The highest BCUT2D eigenvalue weighted by Gasteiger charge is 2.79. The van der Waals surface area contributed by atoms with Gasteiger partial charge in [0, 0.05) is 24.7 Å². The van der Waals surface area contributed by atoms with Crippen LogP contribution in [0.2, 0.25) is 0 Å². The zero-order valence-electron chi connectivity index (χ0n) is 36.5. The first-order valence-electron chi connectivity index (χ1n) is 21.1. The van der Waals surface area contributed by atoms with E-state index in [1.807, 2.05) is 27.7 Å². The fourth-order valence-corrected chi connectivity index (χ4v) is 11.6. The molecule has 2 saturated heterocycles. The molecular weight excluding hydrogens is 759 g/mol. The van der Waals surface area contributed by atoms with Crippen LogP contribution in [0.25, 0.3) is 0 Å². The molecule has 13 atom stereocenters. The lowest BCUT2D eigenvalue weighted by molar-refractivity contribution is -0.356. The minimum Gasteiger partial charge on any atom is -0.457 e. The van der Waals surface area contributed by atoms with Crippen molar-refractivity contribution in [2.24, 2.45) is 34.5 Å². The third kappa shape index (κ3) is 7.74. The van der Waals surface area contributed by atoms with Crippen molar-refractivity contribution in [3.8, 4) is 0 Å². The molecule has 13 nitrogen and oxygen atoms in total. The predicted octanol–water partition coefficient (Wildman–Crippen LogP) is 6.24. The number of aliphatic hydroxyl groups is 2. The number of ether oxygens (including phenoxy) is 6. The molecule has 1 amide bonds. The Kier molecular flexibility index (Phi) is 12.1. The highest BCUT2D eigenvalue weighted by molar-refractivity contribution is 5.89. The van der Waals surface area contributed by atoms with Gasteiger partial charge in [0.1, 0.15) is 23.9 Å². The third-order valence-electron chi connectivity index (χ3n) is 13.9. The normalized spacial score (nSPS) is 36.0. The summed E-state index contributed by atoms with van der Waals surface area (Å²) in [7, 11) is 0. The number of carbonyl (C=O) groups is 4. The Morgan fingerprint density at radius 2 is 1.73 bits per heavy atom. The molecule has 0 aromatic heterocycles. The summed E-state index contributed by atoms with van der Waals surface area (Å²) in [5, 5.41) is 27.1. The van der Waals surface area contributed by atoms with Crippen LogP contribution in [0.15, 0.2) is 54.1 Å². The molecule has 0 radical (unpaired) electrons. The van der Waals surface area contributed by atoms with Crippen LogP contribution in [0.5, 0.6) is 0 Å². The van der Waals surface area contributed by atoms with E-state index in [0.29, 0.717) is 29.6 Å². The molecule has 59 heavy (non-hydrogen) atoms. The summed E-state index contributed by atoms with van der Waals surface area (Å²) in [6.07, 6.45) is -3.00. The zero-order chi connectivity index (χ0) is 43.6. The molecular formula is C46H65NO12. The molecule has 1 unspecified atom stereocenters. The molecule has 6 rings (SSSR count). The molecule has 1 aromatic carbocycles. The lowest BCUT2D eigenvalue weighted by atomic mass is 9.46. The Hall–Kier alpha value is -3.78. The lowest BCUT2D eigenvalue weighted by Gasteiger charge is -2.68. The highest BCUT2D eigenvalue weighted by atomic mass is 16.6. The van der Waals surface area contributed by atoms with E-state index in [2.05, 4.69) is 18.8 Å². The van der Waals surface area contributed by atoms with Crippen molar-refractivity contribution in [1.29, 1.82) is 0 Å². The van der Waals surface area contributed by atoms with Gasteiger partial charge in [-0.25, -0.2) is 14.4 Å². The van der Waals surface area contributed by atoms with Crippen molar-refractivity contribution in [2.75, 3.05) is 6.61 Å². The Labute approximate surface area is 348 Å². The lowest BCUT2D eigenvalue weighted by Crippen LogP contribution is -2.78. The van der Waals surface area contributed by atoms with Gasteiger partial charge in [-0.1, -0.05) is 52.0 Å². The van der Waals surface area contributed by atoms with Gasteiger partial charge in [0.15, 0.2) is 11.7 Å². The standard InChI is InChI=1S/C46H65NO12/c1-13-30-20-29-21-33-46(23-54-33,58-27(6)48)36-38(57-39(50)28-17-15-14-16-18-28)45(43(10,11)53)22-32(25(4)34(45)26(5)37(55-30)44(29,36)12)56-40(51)35(49)31(19-24(2)3)47-41(52)59-42(7,8)9/h13-18,24,26,29-33,35-38,49,53H,1,19-23H2,2-12H3,(H,47,52)/t26-,29-,30?,31-,32-,33+,35+,36-,37-,38-,44+,45-,46-/m0/s1. The number of benzene rings is 1. The number of aliphatic hydroxyl groups excluding tert-OH is 1. The van der Waals surface area contributed by atoms with Gasteiger partial charge in [0.05, 0.1) is 47.4 Å². The van der Waals surface area contributed by atoms with Gasteiger partial charge < -0.3 is 44.0 Å². The Morgan fingerprint density at radius 1 is 1.07 bits per heavy atom. The predicted molar refractivity (Wildman–Crippen MR) is 217 cm³/mol. The van der Waals surface area contributed by atoms with Gasteiger partial charge in [-0.2, -0.15) is 0 Å².